The van der Waals surface area contributed by atoms with Gasteiger partial charge in [-0.3, -0.25) is 0 Å². The minimum Gasteiger partial charge on any atom is -0.369 e. The van der Waals surface area contributed by atoms with E-state index < -0.39 is 0 Å². The Morgan fingerprint density at radius 2 is 1.86 bits per heavy atom. The summed E-state index contributed by atoms with van der Waals surface area (Å²) in [5.74, 6) is 1.91. The van der Waals surface area contributed by atoms with Crippen molar-refractivity contribution in [3.63, 3.8) is 0 Å². The molecule has 0 aromatic carbocycles. The van der Waals surface area contributed by atoms with Crippen molar-refractivity contribution in [3.05, 3.63) is 15.1 Å². The minimum absolute atomic E-state index is 0.891. The lowest BCUT2D eigenvalue weighted by atomic mass is 10.3. The molecule has 1 aromatic heterocycles. The number of hydrogen-bond donors (Lipinski definition) is 1. The SMILES string of the molecule is CCNc1nc(CC)nc(CC)c1I. The maximum absolute atomic E-state index is 4.49. The van der Waals surface area contributed by atoms with Gasteiger partial charge in [0.25, 0.3) is 0 Å². The smallest absolute Gasteiger partial charge is 0.143 e. The van der Waals surface area contributed by atoms with Gasteiger partial charge in [-0.15, -0.1) is 0 Å². The number of aromatic nitrogens is 2. The predicted molar refractivity (Wildman–Crippen MR) is 67.7 cm³/mol. The molecule has 0 aliphatic heterocycles. The molecule has 0 atom stereocenters. The van der Waals surface area contributed by atoms with E-state index in [1.54, 1.807) is 0 Å². The van der Waals surface area contributed by atoms with Gasteiger partial charge in [0.2, 0.25) is 0 Å². The summed E-state index contributed by atoms with van der Waals surface area (Å²) in [5, 5.41) is 3.27. The number of anilines is 1. The topological polar surface area (TPSA) is 37.8 Å². The molecule has 0 fully saturated rings. The third-order valence-electron chi connectivity index (χ3n) is 1.96. The Labute approximate surface area is 98.9 Å². The number of hydrogen-bond acceptors (Lipinski definition) is 3. The van der Waals surface area contributed by atoms with E-state index in [1.807, 2.05) is 0 Å². The van der Waals surface area contributed by atoms with Crippen LogP contribution in [0.15, 0.2) is 0 Å². The van der Waals surface area contributed by atoms with Crippen molar-refractivity contribution in [1.82, 2.24) is 9.97 Å². The molecule has 0 bridgehead atoms. The maximum Gasteiger partial charge on any atom is 0.143 e. The van der Waals surface area contributed by atoms with Crippen molar-refractivity contribution in [2.75, 3.05) is 11.9 Å². The second-order valence-electron chi connectivity index (χ2n) is 2.99. The van der Waals surface area contributed by atoms with Crippen LogP contribution >= 0.6 is 22.6 Å². The second kappa shape index (κ2) is 5.48. The van der Waals surface area contributed by atoms with Gasteiger partial charge >= 0.3 is 0 Å². The van der Waals surface area contributed by atoms with Crippen molar-refractivity contribution >= 4 is 28.4 Å². The van der Waals surface area contributed by atoms with E-state index in [0.717, 1.165) is 40.3 Å². The standard InChI is InChI=1S/C10H16IN3/c1-4-7-9(11)10(12-6-3)14-8(5-2)13-7/h4-6H2,1-3H3,(H,12,13,14). The third-order valence-corrected chi connectivity index (χ3v) is 3.09. The Balaban J connectivity index is 3.12. The monoisotopic (exact) mass is 305 g/mol. The fraction of sp³-hybridized carbons (Fsp3) is 0.600. The molecule has 14 heavy (non-hydrogen) atoms. The highest BCUT2D eigenvalue weighted by Gasteiger charge is 2.08. The summed E-state index contributed by atoms with van der Waals surface area (Å²) in [5.41, 5.74) is 1.15. The van der Waals surface area contributed by atoms with E-state index in [0.29, 0.717) is 0 Å². The van der Waals surface area contributed by atoms with Gasteiger partial charge in [0, 0.05) is 13.0 Å². The third kappa shape index (κ3) is 2.56. The van der Waals surface area contributed by atoms with Crippen LogP contribution in [0.4, 0.5) is 5.82 Å². The molecular weight excluding hydrogens is 289 g/mol. The zero-order valence-electron chi connectivity index (χ0n) is 8.89. The van der Waals surface area contributed by atoms with Gasteiger partial charge in [-0.2, -0.15) is 0 Å². The van der Waals surface area contributed by atoms with E-state index in [1.165, 1.54) is 0 Å². The molecule has 0 saturated heterocycles. The number of aryl methyl sites for hydroxylation is 2. The Bertz CT molecular complexity index is 312. The number of rotatable bonds is 4. The van der Waals surface area contributed by atoms with Gasteiger partial charge in [-0.1, -0.05) is 13.8 Å². The molecule has 0 aliphatic rings. The summed E-state index contributed by atoms with van der Waals surface area (Å²) >= 11 is 2.31. The molecule has 0 spiro atoms. The predicted octanol–water partition coefficient (Wildman–Crippen LogP) is 2.64. The van der Waals surface area contributed by atoms with Crippen LogP contribution in [-0.2, 0) is 12.8 Å². The zero-order chi connectivity index (χ0) is 10.6. The number of nitrogens with one attached hydrogen (secondary N) is 1. The molecule has 4 heteroatoms. The lowest BCUT2D eigenvalue weighted by Gasteiger charge is -2.10. The van der Waals surface area contributed by atoms with Crippen LogP contribution in [0.3, 0.4) is 0 Å². The maximum atomic E-state index is 4.49. The molecule has 1 heterocycles. The van der Waals surface area contributed by atoms with Crippen LogP contribution in [0.2, 0.25) is 0 Å². The Morgan fingerprint density at radius 1 is 1.14 bits per heavy atom. The van der Waals surface area contributed by atoms with E-state index in [2.05, 4.69) is 58.6 Å². The average Bonchev–Trinajstić information content (AvgIpc) is 2.21. The van der Waals surface area contributed by atoms with Gasteiger partial charge in [-0.25, -0.2) is 9.97 Å². The molecule has 3 nitrogen and oxygen atoms in total. The molecule has 1 aromatic rings. The van der Waals surface area contributed by atoms with E-state index in [9.17, 15) is 0 Å². The van der Waals surface area contributed by atoms with Gasteiger partial charge in [0.15, 0.2) is 0 Å². The first-order chi connectivity index (χ1) is 6.72. The molecule has 1 rings (SSSR count). The second-order valence-corrected chi connectivity index (χ2v) is 4.07. The fourth-order valence-electron chi connectivity index (χ4n) is 1.22. The first-order valence-electron chi connectivity index (χ1n) is 5.02. The Morgan fingerprint density at radius 3 is 2.36 bits per heavy atom. The molecule has 0 amide bonds. The van der Waals surface area contributed by atoms with Crippen molar-refractivity contribution in [1.29, 1.82) is 0 Å². The van der Waals surface area contributed by atoms with Crippen LogP contribution in [-0.4, -0.2) is 16.5 Å². The summed E-state index contributed by atoms with van der Waals surface area (Å²) in [6, 6.07) is 0. The van der Waals surface area contributed by atoms with Crippen LogP contribution in [0, 0.1) is 3.57 Å². The molecule has 1 N–H and O–H groups in total. The zero-order valence-corrected chi connectivity index (χ0v) is 11.1. The number of halogens is 1. The first kappa shape index (κ1) is 11.7. The van der Waals surface area contributed by atoms with Crippen LogP contribution in [0.25, 0.3) is 0 Å². The largest absolute Gasteiger partial charge is 0.369 e. The summed E-state index contributed by atoms with van der Waals surface area (Å²) in [6.45, 7) is 7.19. The summed E-state index contributed by atoms with van der Waals surface area (Å²) in [7, 11) is 0. The van der Waals surface area contributed by atoms with Crippen LogP contribution in [0.1, 0.15) is 32.3 Å². The highest BCUT2D eigenvalue weighted by molar-refractivity contribution is 14.1. The van der Waals surface area contributed by atoms with Crippen molar-refractivity contribution in [2.45, 2.75) is 33.6 Å². The molecular formula is C10H16IN3. The van der Waals surface area contributed by atoms with E-state index in [4.69, 9.17) is 0 Å². The Hall–Kier alpha value is -0.390. The minimum atomic E-state index is 0.891. The average molecular weight is 305 g/mol. The van der Waals surface area contributed by atoms with Crippen LogP contribution < -0.4 is 5.32 Å². The van der Waals surface area contributed by atoms with Crippen molar-refractivity contribution < 1.29 is 0 Å². The van der Waals surface area contributed by atoms with E-state index >= 15 is 0 Å². The summed E-state index contributed by atoms with van der Waals surface area (Å²) in [6.07, 6.45) is 1.86. The lowest BCUT2D eigenvalue weighted by molar-refractivity contribution is 0.877. The summed E-state index contributed by atoms with van der Waals surface area (Å²) < 4.78 is 1.16. The van der Waals surface area contributed by atoms with E-state index in [-0.39, 0.29) is 0 Å². The molecule has 0 unspecified atom stereocenters. The van der Waals surface area contributed by atoms with Gasteiger partial charge in [0.05, 0.1) is 9.26 Å². The molecule has 0 aliphatic carbocycles. The van der Waals surface area contributed by atoms with Crippen LogP contribution in [0.5, 0.6) is 0 Å². The molecule has 78 valence electrons. The molecule has 0 saturated carbocycles. The van der Waals surface area contributed by atoms with Gasteiger partial charge in [-0.05, 0) is 35.9 Å². The lowest BCUT2D eigenvalue weighted by Crippen LogP contribution is -2.08. The van der Waals surface area contributed by atoms with Gasteiger partial charge < -0.3 is 5.32 Å². The van der Waals surface area contributed by atoms with Crippen molar-refractivity contribution in [2.24, 2.45) is 0 Å². The highest BCUT2D eigenvalue weighted by Crippen LogP contribution is 2.19. The highest BCUT2D eigenvalue weighted by atomic mass is 127. The fourth-order valence-corrected chi connectivity index (χ4v) is 2.03. The van der Waals surface area contributed by atoms with Gasteiger partial charge in [0.1, 0.15) is 11.6 Å². The first-order valence-corrected chi connectivity index (χ1v) is 6.09. The van der Waals surface area contributed by atoms with Crippen molar-refractivity contribution in [3.8, 4) is 0 Å². The normalized spacial score (nSPS) is 10.3. The Kier molecular flexibility index (Phi) is 4.57. The summed E-state index contributed by atoms with van der Waals surface area (Å²) in [4.78, 5) is 8.95. The number of nitrogens with zero attached hydrogens (tertiary/aromatic N) is 2. The molecule has 0 radical (unpaired) electrons. The quantitative estimate of drug-likeness (QED) is 0.869.